The van der Waals surface area contributed by atoms with E-state index in [1.54, 1.807) is 0 Å². The zero-order chi connectivity index (χ0) is 13.5. The van der Waals surface area contributed by atoms with Crippen molar-refractivity contribution in [2.45, 2.75) is 31.3 Å². The van der Waals surface area contributed by atoms with Crippen LogP contribution in [0.1, 0.15) is 19.5 Å². The van der Waals surface area contributed by atoms with E-state index < -0.39 is 12.0 Å². The number of rotatable bonds is 6. The van der Waals surface area contributed by atoms with Gasteiger partial charge in [0.1, 0.15) is 12.4 Å². The van der Waals surface area contributed by atoms with Gasteiger partial charge in [-0.05, 0) is 12.5 Å². The number of aliphatic carboxylic acids is 1. The molecule has 1 heterocycles. The van der Waals surface area contributed by atoms with Gasteiger partial charge >= 0.3 is 5.97 Å². The van der Waals surface area contributed by atoms with Crippen molar-refractivity contribution in [2.75, 3.05) is 5.75 Å². The van der Waals surface area contributed by atoms with Crippen molar-refractivity contribution in [3.63, 3.8) is 0 Å². The maximum atomic E-state index is 10.9. The molecule has 0 fully saturated rings. The Balaban J connectivity index is 2.60. The van der Waals surface area contributed by atoms with Crippen molar-refractivity contribution in [1.29, 1.82) is 0 Å². The minimum absolute atomic E-state index is 0.231. The summed E-state index contributed by atoms with van der Waals surface area (Å²) in [6, 6.07) is 0.907. The lowest BCUT2D eigenvalue weighted by molar-refractivity contribution is -0.140. The van der Waals surface area contributed by atoms with Crippen LogP contribution in [0.25, 0.3) is 0 Å². The molecule has 0 aromatic carbocycles. The lowest BCUT2D eigenvalue weighted by Crippen LogP contribution is -2.41. The Morgan fingerprint density at radius 2 is 2.22 bits per heavy atom. The van der Waals surface area contributed by atoms with E-state index in [0.29, 0.717) is 5.03 Å². The molecule has 18 heavy (non-hydrogen) atoms. The van der Waals surface area contributed by atoms with Gasteiger partial charge in [0.15, 0.2) is 0 Å². The first-order valence-electron chi connectivity index (χ1n) is 5.46. The monoisotopic (exact) mass is 269 g/mol. The standard InChI is InChI=1S/C11H15N3O3S/c1-3-8-4-10(13-6-12-8)18-5-9(11(16)17)14-7(2)15/h4,6,9H,3,5H2,1-2H3,(H,14,15)(H,16,17). The predicted octanol–water partition coefficient (Wildman–Crippen LogP) is 0.720. The summed E-state index contributed by atoms with van der Waals surface area (Å²) in [5, 5.41) is 12.0. The number of carbonyl (C=O) groups is 2. The maximum Gasteiger partial charge on any atom is 0.327 e. The molecule has 98 valence electrons. The van der Waals surface area contributed by atoms with Crippen LogP contribution in [0.4, 0.5) is 0 Å². The van der Waals surface area contributed by atoms with E-state index in [0.717, 1.165) is 12.1 Å². The first kappa shape index (κ1) is 14.4. The van der Waals surface area contributed by atoms with Gasteiger partial charge in [-0.2, -0.15) is 0 Å². The van der Waals surface area contributed by atoms with Crippen LogP contribution in [-0.2, 0) is 16.0 Å². The van der Waals surface area contributed by atoms with Crippen molar-refractivity contribution in [3.8, 4) is 0 Å². The molecule has 2 N–H and O–H groups in total. The fourth-order valence-corrected chi connectivity index (χ4v) is 2.14. The zero-order valence-electron chi connectivity index (χ0n) is 10.2. The Morgan fingerprint density at radius 1 is 1.50 bits per heavy atom. The molecule has 7 heteroatoms. The highest BCUT2D eigenvalue weighted by Crippen LogP contribution is 2.16. The number of aromatic nitrogens is 2. The molecule has 1 aromatic heterocycles. The molecule has 6 nitrogen and oxygen atoms in total. The summed E-state index contributed by atoms with van der Waals surface area (Å²) in [7, 11) is 0. The van der Waals surface area contributed by atoms with Crippen LogP contribution in [0.15, 0.2) is 17.4 Å². The number of carbonyl (C=O) groups excluding carboxylic acids is 1. The lowest BCUT2D eigenvalue weighted by Gasteiger charge is -2.12. The first-order chi connectivity index (χ1) is 8.52. The summed E-state index contributed by atoms with van der Waals surface area (Å²) >= 11 is 1.28. The number of nitrogens with zero attached hydrogens (tertiary/aromatic N) is 2. The summed E-state index contributed by atoms with van der Waals surface area (Å²) < 4.78 is 0. The van der Waals surface area contributed by atoms with Crippen LogP contribution in [0.5, 0.6) is 0 Å². The van der Waals surface area contributed by atoms with Gasteiger partial charge in [0.05, 0.1) is 5.03 Å². The molecule has 1 atom stereocenters. The topological polar surface area (TPSA) is 92.2 Å². The van der Waals surface area contributed by atoms with Gasteiger partial charge in [0.25, 0.3) is 0 Å². The largest absolute Gasteiger partial charge is 0.480 e. The van der Waals surface area contributed by atoms with Gasteiger partial charge in [0.2, 0.25) is 5.91 Å². The Morgan fingerprint density at radius 3 is 2.78 bits per heavy atom. The smallest absolute Gasteiger partial charge is 0.327 e. The van der Waals surface area contributed by atoms with E-state index >= 15 is 0 Å². The molecule has 0 saturated carbocycles. The van der Waals surface area contributed by atoms with Crippen LogP contribution < -0.4 is 5.32 Å². The normalized spacial score (nSPS) is 11.9. The number of nitrogens with one attached hydrogen (secondary N) is 1. The zero-order valence-corrected chi connectivity index (χ0v) is 11.0. The summed E-state index contributed by atoms with van der Waals surface area (Å²) in [5.41, 5.74) is 0.902. The number of hydrogen-bond donors (Lipinski definition) is 2. The molecule has 0 aliphatic rings. The molecule has 0 bridgehead atoms. The lowest BCUT2D eigenvalue weighted by atomic mass is 10.3. The van der Waals surface area contributed by atoms with Gasteiger partial charge in [-0.15, -0.1) is 11.8 Å². The fourth-order valence-electron chi connectivity index (χ4n) is 1.24. The molecule has 0 aliphatic carbocycles. The minimum Gasteiger partial charge on any atom is -0.480 e. The minimum atomic E-state index is -1.05. The molecule has 0 spiro atoms. The highest BCUT2D eigenvalue weighted by molar-refractivity contribution is 7.99. The van der Waals surface area contributed by atoms with Gasteiger partial charge < -0.3 is 10.4 Å². The first-order valence-corrected chi connectivity index (χ1v) is 6.45. The molecule has 0 saturated heterocycles. The Labute approximate surface area is 109 Å². The molecule has 1 amide bonds. The SMILES string of the molecule is CCc1cc(SCC(NC(C)=O)C(=O)O)ncn1. The van der Waals surface area contributed by atoms with Crippen molar-refractivity contribution in [3.05, 3.63) is 18.1 Å². The molecule has 0 aliphatic heterocycles. The van der Waals surface area contributed by atoms with Crippen LogP contribution in [0.3, 0.4) is 0 Å². The van der Waals surface area contributed by atoms with E-state index in [1.807, 2.05) is 13.0 Å². The molecular formula is C11H15N3O3S. The van der Waals surface area contributed by atoms with Crippen LogP contribution >= 0.6 is 11.8 Å². The van der Waals surface area contributed by atoms with Crippen molar-refractivity contribution in [2.24, 2.45) is 0 Å². The molecule has 1 aromatic rings. The highest BCUT2D eigenvalue weighted by Gasteiger charge is 2.18. The molecule has 1 unspecified atom stereocenters. The quantitative estimate of drug-likeness (QED) is 0.584. The summed E-state index contributed by atoms with van der Waals surface area (Å²) in [5.74, 6) is -1.18. The van der Waals surface area contributed by atoms with E-state index in [4.69, 9.17) is 5.11 Å². The van der Waals surface area contributed by atoms with Gasteiger partial charge in [0, 0.05) is 18.4 Å². The second-order valence-electron chi connectivity index (χ2n) is 3.60. The highest BCUT2D eigenvalue weighted by atomic mass is 32.2. The second kappa shape index (κ2) is 6.95. The third kappa shape index (κ3) is 4.70. The fraction of sp³-hybridized carbons (Fsp3) is 0.455. The van der Waals surface area contributed by atoms with Crippen molar-refractivity contribution in [1.82, 2.24) is 15.3 Å². The average Bonchev–Trinajstić information content (AvgIpc) is 2.34. The summed E-state index contributed by atoms with van der Waals surface area (Å²) in [4.78, 5) is 29.9. The maximum absolute atomic E-state index is 10.9. The Kier molecular flexibility index (Phi) is 5.57. The Bertz CT molecular complexity index is 439. The number of aryl methyl sites for hydroxylation is 1. The summed E-state index contributed by atoms with van der Waals surface area (Å²) in [6.07, 6.45) is 2.25. The number of hydrogen-bond acceptors (Lipinski definition) is 5. The van der Waals surface area contributed by atoms with Gasteiger partial charge in [-0.25, -0.2) is 14.8 Å². The van der Waals surface area contributed by atoms with E-state index in [-0.39, 0.29) is 11.7 Å². The molecule has 1 rings (SSSR count). The average molecular weight is 269 g/mol. The molecule has 0 radical (unpaired) electrons. The van der Waals surface area contributed by atoms with Crippen LogP contribution in [0.2, 0.25) is 0 Å². The van der Waals surface area contributed by atoms with E-state index in [1.165, 1.54) is 25.0 Å². The second-order valence-corrected chi connectivity index (χ2v) is 4.64. The van der Waals surface area contributed by atoms with E-state index in [9.17, 15) is 9.59 Å². The third-order valence-corrected chi connectivity index (χ3v) is 3.15. The van der Waals surface area contributed by atoms with Gasteiger partial charge in [-0.1, -0.05) is 6.92 Å². The number of carboxylic acid groups (broad SMARTS) is 1. The van der Waals surface area contributed by atoms with Crippen LogP contribution in [0, 0.1) is 0 Å². The van der Waals surface area contributed by atoms with Gasteiger partial charge in [-0.3, -0.25) is 4.79 Å². The number of thioether (sulfide) groups is 1. The number of carboxylic acids is 1. The predicted molar refractivity (Wildman–Crippen MR) is 67.4 cm³/mol. The Hall–Kier alpha value is -1.63. The summed E-state index contributed by atoms with van der Waals surface area (Å²) in [6.45, 7) is 3.27. The molecular weight excluding hydrogens is 254 g/mol. The number of amides is 1. The van der Waals surface area contributed by atoms with Crippen molar-refractivity contribution >= 4 is 23.6 Å². The van der Waals surface area contributed by atoms with Crippen LogP contribution in [-0.4, -0.2) is 38.7 Å². The van der Waals surface area contributed by atoms with E-state index in [2.05, 4.69) is 15.3 Å². The third-order valence-electron chi connectivity index (χ3n) is 2.13. The van der Waals surface area contributed by atoms with Crippen molar-refractivity contribution < 1.29 is 14.7 Å².